The van der Waals surface area contributed by atoms with Gasteiger partial charge in [-0.25, -0.2) is 0 Å². The maximum absolute atomic E-state index is 9.39. The Kier molecular flexibility index (Phi) is 5.05. The fourth-order valence-electron chi connectivity index (χ4n) is 3.44. The molecule has 18 heavy (non-hydrogen) atoms. The van der Waals surface area contributed by atoms with Crippen molar-refractivity contribution in [2.24, 2.45) is 11.8 Å². The molecule has 2 N–H and O–H groups in total. The summed E-state index contributed by atoms with van der Waals surface area (Å²) in [6, 6.07) is 0. The van der Waals surface area contributed by atoms with Crippen molar-refractivity contribution in [2.45, 2.75) is 64.1 Å². The van der Waals surface area contributed by atoms with Gasteiger partial charge < -0.3 is 15.2 Å². The Hall–Kier alpha value is -0.120. The van der Waals surface area contributed by atoms with Crippen LogP contribution in [0, 0.1) is 11.8 Å². The number of aliphatic hydroxyl groups is 1. The van der Waals surface area contributed by atoms with Gasteiger partial charge in [0.15, 0.2) is 0 Å². The second kappa shape index (κ2) is 6.36. The Morgan fingerprint density at radius 1 is 1.11 bits per heavy atom. The SMILES string of the molecule is CC1(C)CCC(CNCC2CCCCC2CO)O1. The predicted octanol–water partition coefficient (Wildman–Crippen LogP) is 2.33. The summed E-state index contributed by atoms with van der Waals surface area (Å²) in [5, 5.41) is 13.0. The second-order valence-electron chi connectivity index (χ2n) is 6.68. The van der Waals surface area contributed by atoms with Crippen molar-refractivity contribution in [1.29, 1.82) is 0 Å². The Labute approximate surface area is 111 Å². The molecule has 2 rings (SSSR count). The smallest absolute Gasteiger partial charge is 0.0707 e. The average molecular weight is 255 g/mol. The van der Waals surface area contributed by atoms with E-state index in [1.165, 1.54) is 38.5 Å². The lowest BCUT2D eigenvalue weighted by molar-refractivity contribution is -0.0149. The van der Waals surface area contributed by atoms with Crippen molar-refractivity contribution in [3.8, 4) is 0 Å². The van der Waals surface area contributed by atoms with Crippen LogP contribution in [0.3, 0.4) is 0 Å². The van der Waals surface area contributed by atoms with E-state index in [1.54, 1.807) is 0 Å². The molecule has 3 heteroatoms. The summed E-state index contributed by atoms with van der Waals surface area (Å²) in [6.07, 6.45) is 7.83. The molecule has 1 saturated heterocycles. The Balaban J connectivity index is 1.65. The van der Waals surface area contributed by atoms with E-state index < -0.39 is 0 Å². The minimum Gasteiger partial charge on any atom is -0.396 e. The average Bonchev–Trinajstić information content (AvgIpc) is 2.69. The topological polar surface area (TPSA) is 41.5 Å². The molecule has 2 fully saturated rings. The molecular formula is C15H29NO2. The normalized spacial score (nSPS) is 35.8. The number of rotatable bonds is 5. The third-order valence-corrected chi connectivity index (χ3v) is 4.63. The lowest BCUT2D eigenvalue weighted by Gasteiger charge is -2.30. The number of nitrogens with one attached hydrogen (secondary N) is 1. The van der Waals surface area contributed by atoms with Crippen LogP contribution in [0.15, 0.2) is 0 Å². The standard InChI is InChI=1S/C15H29NO2/c1-15(2)8-7-14(18-15)10-16-9-12-5-3-4-6-13(12)11-17/h12-14,16-17H,3-11H2,1-2H3. The lowest BCUT2D eigenvalue weighted by atomic mass is 9.79. The van der Waals surface area contributed by atoms with Crippen LogP contribution in [-0.4, -0.2) is 36.5 Å². The third kappa shape index (κ3) is 3.94. The first kappa shape index (κ1) is 14.3. The summed E-state index contributed by atoms with van der Waals surface area (Å²) in [5.41, 5.74) is 0.0742. The van der Waals surface area contributed by atoms with Gasteiger partial charge in [-0.15, -0.1) is 0 Å². The second-order valence-corrected chi connectivity index (χ2v) is 6.68. The summed E-state index contributed by atoms with van der Waals surface area (Å²) >= 11 is 0. The van der Waals surface area contributed by atoms with Gasteiger partial charge in [-0.2, -0.15) is 0 Å². The van der Waals surface area contributed by atoms with Gasteiger partial charge in [-0.1, -0.05) is 12.8 Å². The van der Waals surface area contributed by atoms with Gasteiger partial charge in [-0.05, 0) is 57.9 Å². The van der Waals surface area contributed by atoms with Gasteiger partial charge in [0.25, 0.3) is 0 Å². The van der Waals surface area contributed by atoms with Crippen molar-refractivity contribution in [1.82, 2.24) is 5.32 Å². The Morgan fingerprint density at radius 2 is 1.83 bits per heavy atom. The van der Waals surface area contributed by atoms with E-state index in [2.05, 4.69) is 19.2 Å². The highest BCUT2D eigenvalue weighted by atomic mass is 16.5. The molecule has 2 aliphatic rings. The first-order valence-electron chi connectivity index (χ1n) is 7.60. The number of aliphatic hydroxyl groups excluding tert-OH is 1. The molecule has 1 aliphatic carbocycles. The molecule has 0 aromatic heterocycles. The van der Waals surface area contributed by atoms with Gasteiger partial charge in [0.05, 0.1) is 11.7 Å². The molecule has 0 aromatic carbocycles. The van der Waals surface area contributed by atoms with Gasteiger partial charge in [-0.3, -0.25) is 0 Å². The molecule has 0 radical (unpaired) electrons. The van der Waals surface area contributed by atoms with Gasteiger partial charge in [0, 0.05) is 13.2 Å². The lowest BCUT2D eigenvalue weighted by Crippen LogP contribution is -2.36. The summed E-state index contributed by atoms with van der Waals surface area (Å²) < 4.78 is 5.98. The first-order chi connectivity index (χ1) is 8.61. The van der Waals surface area contributed by atoms with Gasteiger partial charge >= 0.3 is 0 Å². The van der Waals surface area contributed by atoms with Crippen molar-refractivity contribution in [2.75, 3.05) is 19.7 Å². The van der Waals surface area contributed by atoms with Crippen LogP contribution in [0.25, 0.3) is 0 Å². The molecule has 3 nitrogen and oxygen atoms in total. The van der Waals surface area contributed by atoms with E-state index >= 15 is 0 Å². The molecule has 3 atom stereocenters. The van der Waals surface area contributed by atoms with Gasteiger partial charge in [0.1, 0.15) is 0 Å². The largest absolute Gasteiger partial charge is 0.396 e. The molecular weight excluding hydrogens is 226 g/mol. The fraction of sp³-hybridized carbons (Fsp3) is 1.00. The molecule has 0 bridgehead atoms. The van der Waals surface area contributed by atoms with E-state index in [1.807, 2.05) is 0 Å². The summed E-state index contributed by atoms with van der Waals surface area (Å²) in [7, 11) is 0. The van der Waals surface area contributed by atoms with E-state index in [9.17, 15) is 5.11 Å². The van der Waals surface area contributed by atoms with E-state index in [0.717, 1.165) is 13.1 Å². The van der Waals surface area contributed by atoms with Crippen LogP contribution in [0.4, 0.5) is 0 Å². The molecule has 106 valence electrons. The molecule has 0 spiro atoms. The summed E-state index contributed by atoms with van der Waals surface area (Å²) in [6.45, 7) is 6.73. The minimum atomic E-state index is 0.0742. The van der Waals surface area contributed by atoms with Crippen LogP contribution >= 0.6 is 0 Å². The first-order valence-corrected chi connectivity index (χ1v) is 7.60. The van der Waals surface area contributed by atoms with Crippen LogP contribution in [0.5, 0.6) is 0 Å². The van der Waals surface area contributed by atoms with E-state index in [-0.39, 0.29) is 5.60 Å². The highest BCUT2D eigenvalue weighted by Gasteiger charge is 2.31. The van der Waals surface area contributed by atoms with Crippen molar-refractivity contribution in [3.05, 3.63) is 0 Å². The van der Waals surface area contributed by atoms with Crippen molar-refractivity contribution < 1.29 is 9.84 Å². The van der Waals surface area contributed by atoms with Crippen LogP contribution in [0.1, 0.15) is 52.4 Å². The van der Waals surface area contributed by atoms with Crippen LogP contribution in [0.2, 0.25) is 0 Å². The van der Waals surface area contributed by atoms with E-state index in [4.69, 9.17) is 4.74 Å². The summed E-state index contributed by atoms with van der Waals surface area (Å²) in [5.74, 6) is 1.19. The molecule has 3 unspecified atom stereocenters. The zero-order chi connectivity index (χ0) is 13.0. The summed E-state index contributed by atoms with van der Waals surface area (Å²) in [4.78, 5) is 0. The zero-order valence-electron chi connectivity index (χ0n) is 12.0. The number of ether oxygens (including phenoxy) is 1. The zero-order valence-corrected chi connectivity index (χ0v) is 12.0. The fourth-order valence-corrected chi connectivity index (χ4v) is 3.44. The van der Waals surface area contributed by atoms with E-state index in [0.29, 0.717) is 24.5 Å². The quantitative estimate of drug-likeness (QED) is 0.792. The number of hydrogen-bond donors (Lipinski definition) is 2. The van der Waals surface area contributed by atoms with Crippen LogP contribution < -0.4 is 5.32 Å². The van der Waals surface area contributed by atoms with Gasteiger partial charge in [0.2, 0.25) is 0 Å². The molecule has 1 saturated carbocycles. The molecule has 0 aromatic rings. The highest BCUT2D eigenvalue weighted by Crippen LogP contribution is 2.30. The monoisotopic (exact) mass is 255 g/mol. The van der Waals surface area contributed by atoms with Crippen molar-refractivity contribution >= 4 is 0 Å². The maximum Gasteiger partial charge on any atom is 0.0707 e. The highest BCUT2D eigenvalue weighted by molar-refractivity contribution is 4.83. The molecule has 1 heterocycles. The van der Waals surface area contributed by atoms with Crippen molar-refractivity contribution in [3.63, 3.8) is 0 Å². The van der Waals surface area contributed by atoms with Crippen LogP contribution in [-0.2, 0) is 4.74 Å². The maximum atomic E-state index is 9.39. The Bertz CT molecular complexity index is 255. The number of hydrogen-bond acceptors (Lipinski definition) is 3. The molecule has 1 aliphatic heterocycles. The minimum absolute atomic E-state index is 0.0742. The Morgan fingerprint density at radius 3 is 2.44 bits per heavy atom. The molecule has 0 amide bonds. The predicted molar refractivity (Wildman–Crippen MR) is 73.6 cm³/mol. The third-order valence-electron chi connectivity index (χ3n) is 4.63.